The molecule has 0 aromatic carbocycles. The molecule has 0 unspecified atom stereocenters. The first-order valence-electron chi connectivity index (χ1n) is 5.47. The Hall–Kier alpha value is -1.68. The van der Waals surface area contributed by atoms with Crippen molar-refractivity contribution in [2.75, 3.05) is 0 Å². The standard InChI is InChI=1S/C12H13N3O/c16-8-15-12(10-1-2-10)7-11(14-15)9-3-5-13-6-4-9/h3-7,10,16H,1-2,8H2. The van der Waals surface area contributed by atoms with Crippen molar-refractivity contribution >= 4 is 0 Å². The van der Waals surface area contributed by atoms with E-state index in [1.165, 1.54) is 12.8 Å². The third kappa shape index (κ3) is 1.61. The Morgan fingerprint density at radius 3 is 2.69 bits per heavy atom. The molecule has 0 aliphatic heterocycles. The van der Waals surface area contributed by atoms with E-state index >= 15 is 0 Å². The van der Waals surface area contributed by atoms with Crippen LogP contribution in [0.4, 0.5) is 0 Å². The number of pyridine rings is 1. The van der Waals surface area contributed by atoms with Gasteiger partial charge in [-0.1, -0.05) is 0 Å². The normalized spacial score (nSPS) is 15.3. The van der Waals surface area contributed by atoms with Crippen molar-refractivity contribution in [3.8, 4) is 11.3 Å². The van der Waals surface area contributed by atoms with Gasteiger partial charge in [-0.3, -0.25) is 4.98 Å². The van der Waals surface area contributed by atoms with Crippen molar-refractivity contribution in [2.24, 2.45) is 0 Å². The minimum absolute atomic E-state index is 0.0447. The van der Waals surface area contributed by atoms with E-state index in [4.69, 9.17) is 0 Å². The smallest absolute Gasteiger partial charge is 0.136 e. The molecule has 0 spiro atoms. The van der Waals surface area contributed by atoms with Crippen molar-refractivity contribution in [1.29, 1.82) is 0 Å². The number of nitrogens with zero attached hydrogens (tertiary/aromatic N) is 3. The molecule has 16 heavy (non-hydrogen) atoms. The largest absolute Gasteiger partial charge is 0.374 e. The van der Waals surface area contributed by atoms with Gasteiger partial charge < -0.3 is 5.11 Å². The molecule has 4 heteroatoms. The average Bonchev–Trinajstić information content (AvgIpc) is 3.10. The van der Waals surface area contributed by atoms with E-state index in [-0.39, 0.29) is 6.73 Å². The lowest BCUT2D eigenvalue weighted by molar-refractivity contribution is 0.191. The maximum Gasteiger partial charge on any atom is 0.136 e. The first kappa shape index (κ1) is 9.54. The quantitative estimate of drug-likeness (QED) is 0.849. The lowest BCUT2D eigenvalue weighted by Crippen LogP contribution is -2.03. The molecule has 1 saturated carbocycles. The molecular formula is C12H13N3O. The summed E-state index contributed by atoms with van der Waals surface area (Å²) in [6.07, 6.45) is 5.93. The number of hydrogen-bond donors (Lipinski definition) is 1. The predicted molar refractivity (Wildman–Crippen MR) is 59.7 cm³/mol. The highest BCUT2D eigenvalue weighted by molar-refractivity contribution is 5.58. The summed E-state index contributed by atoms with van der Waals surface area (Å²) in [7, 11) is 0. The highest BCUT2D eigenvalue weighted by atomic mass is 16.3. The van der Waals surface area contributed by atoms with Gasteiger partial charge in [-0.15, -0.1) is 0 Å². The highest BCUT2D eigenvalue weighted by Crippen LogP contribution is 2.41. The van der Waals surface area contributed by atoms with Crippen LogP contribution in [0.3, 0.4) is 0 Å². The van der Waals surface area contributed by atoms with Crippen LogP contribution in [0.25, 0.3) is 11.3 Å². The zero-order chi connectivity index (χ0) is 11.0. The van der Waals surface area contributed by atoms with Crippen molar-refractivity contribution < 1.29 is 5.11 Å². The molecule has 0 radical (unpaired) electrons. The van der Waals surface area contributed by atoms with Crippen LogP contribution < -0.4 is 0 Å². The van der Waals surface area contributed by atoms with Crippen LogP contribution in [-0.2, 0) is 6.73 Å². The number of aliphatic hydroxyl groups is 1. The van der Waals surface area contributed by atoms with Gasteiger partial charge in [0.15, 0.2) is 0 Å². The van der Waals surface area contributed by atoms with Gasteiger partial charge in [0, 0.05) is 29.6 Å². The summed E-state index contributed by atoms with van der Waals surface area (Å²) in [4.78, 5) is 3.98. The zero-order valence-corrected chi connectivity index (χ0v) is 8.87. The van der Waals surface area contributed by atoms with Crippen LogP contribution in [0.1, 0.15) is 24.5 Å². The van der Waals surface area contributed by atoms with E-state index in [2.05, 4.69) is 16.1 Å². The Labute approximate surface area is 93.6 Å². The lowest BCUT2D eigenvalue weighted by Gasteiger charge is -1.99. The first-order valence-corrected chi connectivity index (χ1v) is 5.47. The van der Waals surface area contributed by atoms with Gasteiger partial charge in [0.25, 0.3) is 0 Å². The molecule has 2 aromatic rings. The molecule has 4 nitrogen and oxygen atoms in total. The fourth-order valence-electron chi connectivity index (χ4n) is 1.92. The number of aliphatic hydroxyl groups excluding tert-OH is 1. The summed E-state index contributed by atoms with van der Waals surface area (Å²) in [5, 5.41) is 13.6. The van der Waals surface area contributed by atoms with E-state index < -0.39 is 0 Å². The first-order chi connectivity index (χ1) is 7.88. The van der Waals surface area contributed by atoms with Gasteiger partial charge in [0.2, 0.25) is 0 Å². The maximum absolute atomic E-state index is 9.24. The Morgan fingerprint density at radius 1 is 1.31 bits per heavy atom. The summed E-state index contributed by atoms with van der Waals surface area (Å²) in [6.45, 7) is -0.0447. The molecule has 3 rings (SSSR count). The molecule has 1 fully saturated rings. The van der Waals surface area contributed by atoms with Gasteiger partial charge in [-0.05, 0) is 31.0 Å². The van der Waals surface area contributed by atoms with Crippen LogP contribution in [0, 0.1) is 0 Å². The minimum atomic E-state index is -0.0447. The molecule has 82 valence electrons. The molecule has 2 heterocycles. The molecule has 1 N–H and O–H groups in total. The molecule has 0 saturated heterocycles. The Bertz CT molecular complexity index is 488. The Morgan fingerprint density at radius 2 is 2.06 bits per heavy atom. The molecule has 0 amide bonds. The molecule has 0 atom stereocenters. The van der Waals surface area contributed by atoms with E-state index in [0.29, 0.717) is 5.92 Å². The predicted octanol–water partition coefficient (Wildman–Crippen LogP) is 1.77. The van der Waals surface area contributed by atoms with E-state index in [1.54, 1.807) is 17.1 Å². The van der Waals surface area contributed by atoms with Crippen molar-refractivity contribution in [1.82, 2.24) is 14.8 Å². The SMILES string of the molecule is OCn1nc(-c2ccncc2)cc1C1CC1. The molecule has 1 aliphatic rings. The van der Waals surface area contributed by atoms with E-state index in [0.717, 1.165) is 17.0 Å². The van der Waals surface area contributed by atoms with Gasteiger partial charge in [0.05, 0.1) is 5.69 Å². The van der Waals surface area contributed by atoms with Gasteiger partial charge in [-0.25, -0.2) is 4.68 Å². The third-order valence-corrected chi connectivity index (χ3v) is 2.92. The van der Waals surface area contributed by atoms with Gasteiger partial charge in [-0.2, -0.15) is 5.10 Å². The Kier molecular flexibility index (Phi) is 2.22. The third-order valence-electron chi connectivity index (χ3n) is 2.92. The summed E-state index contributed by atoms with van der Waals surface area (Å²) in [5.74, 6) is 0.593. The van der Waals surface area contributed by atoms with Crippen LogP contribution in [-0.4, -0.2) is 19.9 Å². The van der Waals surface area contributed by atoms with Crippen LogP contribution >= 0.6 is 0 Å². The fourth-order valence-corrected chi connectivity index (χ4v) is 1.92. The number of aromatic nitrogens is 3. The molecule has 0 bridgehead atoms. The second-order valence-electron chi connectivity index (χ2n) is 4.11. The highest BCUT2D eigenvalue weighted by Gasteiger charge is 2.28. The topological polar surface area (TPSA) is 50.9 Å². The monoisotopic (exact) mass is 215 g/mol. The molecule has 2 aromatic heterocycles. The zero-order valence-electron chi connectivity index (χ0n) is 8.87. The summed E-state index contributed by atoms with van der Waals surface area (Å²) >= 11 is 0. The average molecular weight is 215 g/mol. The van der Waals surface area contributed by atoms with Crippen LogP contribution in [0.5, 0.6) is 0 Å². The second kappa shape index (κ2) is 3.72. The lowest BCUT2D eigenvalue weighted by atomic mass is 10.2. The summed E-state index contributed by atoms with van der Waals surface area (Å²) in [5.41, 5.74) is 3.11. The van der Waals surface area contributed by atoms with Crippen LogP contribution in [0.2, 0.25) is 0 Å². The van der Waals surface area contributed by atoms with Crippen molar-refractivity contribution in [2.45, 2.75) is 25.5 Å². The molecule has 1 aliphatic carbocycles. The Balaban J connectivity index is 2.02. The van der Waals surface area contributed by atoms with Crippen molar-refractivity contribution in [3.05, 3.63) is 36.3 Å². The second-order valence-corrected chi connectivity index (χ2v) is 4.11. The summed E-state index contributed by atoms with van der Waals surface area (Å²) in [6, 6.07) is 5.94. The fraction of sp³-hybridized carbons (Fsp3) is 0.333. The van der Waals surface area contributed by atoms with Gasteiger partial charge >= 0.3 is 0 Å². The number of rotatable bonds is 3. The van der Waals surface area contributed by atoms with Crippen LogP contribution in [0.15, 0.2) is 30.6 Å². The maximum atomic E-state index is 9.24. The van der Waals surface area contributed by atoms with E-state index in [1.807, 2.05) is 12.1 Å². The number of hydrogen-bond acceptors (Lipinski definition) is 3. The van der Waals surface area contributed by atoms with Gasteiger partial charge in [0.1, 0.15) is 6.73 Å². The van der Waals surface area contributed by atoms with E-state index in [9.17, 15) is 5.11 Å². The summed E-state index contributed by atoms with van der Waals surface area (Å²) < 4.78 is 1.69. The van der Waals surface area contributed by atoms with Crippen molar-refractivity contribution in [3.63, 3.8) is 0 Å². The molecular weight excluding hydrogens is 202 g/mol. The minimum Gasteiger partial charge on any atom is -0.374 e.